The molecule has 0 saturated carbocycles. The first kappa shape index (κ1) is 12.4. The molecule has 2 aromatic rings. The highest BCUT2D eigenvalue weighted by Crippen LogP contribution is 2.29. The highest BCUT2D eigenvalue weighted by atomic mass is 15.0. The van der Waals surface area contributed by atoms with Gasteiger partial charge in [0, 0.05) is 0 Å². The van der Waals surface area contributed by atoms with Crippen LogP contribution in [0.2, 0.25) is 0 Å². The number of aromatic nitrogens is 3. The van der Waals surface area contributed by atoms with E-state index >= 15 is 0 Å². The molecule has 0 atom stereocenters. The van der Waals surface area contributed by atoms with E-state index in [0.717, 1.165) is 11.3 Å². The second kappa shape index (κ2) is 5.49. The number of para-hydroxylation sites is 1. The monoisotopic (exact) mass is 240 g/mol. The van der Waals surface area contributed by atoms with Gasteiger partial charge in [0.15, 0.2) is 5.82 Å². The third kappa shape index (κ3) is 2.77. The van der Waals surface area contributed by atoms with Crippen molar-refractivity contribution in [3.63, 3.8) is 0 Å². The van der Waals surface area contributed by atoms with Crippen molar-refractivity contribution in [1.82, 2.24) is 15.0 Å². The molecule has 1 heterocycles. The van der Waals surface area contributed by atoms with Gasteiger partial charge in [-0.1, -0.05) is 32.0 Å². The standard InChI is InChI=1S/C14H16N4/c1-10(2)12-6-4-5-11(3)14(12)16-7-13-17-8-15-9-18-13/h4-10H,1-3H3. The Morgan fingerprint density at radius 2 is 1.89 bits per heavy atom. The molecule has 0 radical (unpaired) electrons. The Bertz CT molecular complexity index is 547. The minimum atomic E-state index is 0.440. The van der Waals surface area contributed by atoms with Gasteiger partial charge in [-0.2, -0.15) is 0 Å². The highest BCUT2D eigenvalue weighted by Gasteiger charge is 2.07. The van der Waals surface area contributed by atoms with E-state index in [4.69, 9.17) is 0 Å². The number of aliphatic imine (C=N–C) groups is 1. The van der Waals surface area contributed by atoms with E-state index in [1.807, 2.05) is 0 Å². The number of hydrogen-bond donors (Lipinski definition) is 0. The molecule has 0 N–H and O–H groups in total. The topological polar surface area (TPSA) is 51.0 Å². The van der Waals surface area contributed by atoms with Gasteiger partial charge in [0.05, 0.1) is 11.9 Å². The number of rotatable bonds is 3. The molecule has 0 bridgehead atoms. The van der Waals surface area contributed by atoms with Crippen LogP contribution in [0.5, 0.6) is 0 Å². The van der Waals surface area contributed by atoms with Gasteiger partial charge in [0.2, 0.25) is 0 Å². The lowest BCUT2D eigenvalue weighted by Gasteiger charge is -2.11. The minimum Gasteiger partial charge on any atom is -0.252 e. The number of hydrogen-bond acceptors (Lipinski definition) is 4. The van der Waals surface area contributed by atoms with Gasteiger partial charge < -0.3 is 0 Å². The summed E-state index contributed by atoms with van der Waals surface area (Å²) < 4.78 is 0. The Kier molecular flexibility index (Phi) is 3.77. The molecule has 92 valence electrons. The zero-order valence-corrected chi connectivity index (χ0v) is 10.8. The van der Waals surface area contributed by atoms with Crippen LogP contribution < -0.4 is 0 Å². The van der Waals surface area contributed by atoms with Gasteiger partial charge in [0.25, 0.3) is 0 Å². The average molecular weight is 240 g/mol. The fraction of sp³-hybridized carbons (Fsp3) is 0.286. The lowest BCUT2D eigenvalue weighted by Crippen LogP contribution is -1.94. The molecule has 0 aliphatic carbocycles. The normalized spacial score (nSPS) is 11.3. The van der Waals surface area contributed by atoms with Crippen LogP contribution in [-0.2, 0) is 0 Å². The van der Waals surface area contributed by atoms with Crippen molar-refractivity contribution in [1.29, 1.82) is 0 Å². The summed E-state index contributed by atoms with van der Waals surface area (Å²) in [4.78, 5) is 16.4. The lowest BCUT2D eigenvalue weighted by atomic mass is 9.98. The van der Waals surface area contributed by atoms with Crippen LogP contribution in [-0.4, -0.2) is 21.2 Å². The predicted molar refractivity (Wildman–Crippen MR) is 72.3 cm³/mol. The Hall–Kier alpha value is -2.10. The summed E-state index contributed by atoms with van der Waals surface area (Å²) in [6.45, 7) is 6.39. The summed E-state index contributed by atoms with van der Waals surface area (Å²) in [5, 5.41) is 0. The van der Waals surface area contributed by atoms with Crippen molar-refractivity contribution in [3.05, 3.63) is 47.8 Å². The van der Waals surface area contributed by atoms with Crippen LogP contribution in [0.3, 0.4) is 0 Å². The Morgan fingerprint density at radius 1 is 1.17 bits per heavy atom. The molecule has 1 aromatic carbocycles. The van der Waals surface area contributed by atoms with Crippen molar-refractivity contribution in [2.45, 2.75) is 26.7 Å². The average Bonchev–Trinajstić information content (AvgIpc) is 2.38. The molecular formula is C14H16N4. The van der Waals surface area contributed by atoms with E-state index < -0.39 is 0 Å². The molecule has 0 aliphatic rings. The maximum absolute atomic E-state index is 4.52. The first-order valence-corrected chi connectivity index (χ1v) is 5.94. The van der Waals surface area contributed by atoms with Crippen molar-refractivity contribution >= 4 is 11.9 Å². The predicted octanol–water partition coefficient (Wildman–Crippen LogP) is 3.05. The van der Waals surface area contributed by atoms with Crippen molar-refractivity contribution in [2.75, 3.05) is 0 Å². The van der Waals surface area contributed by atoms with Crippen LogP contribution in [0.25, 0.3) is 0 Å². The summed E-state index contributed by atoms with van der Waals surface area (Å²) in [5.41, 5.74) is 3.40. The summed E-state index contributed by atoms with van der Waals surface area (Å²) in [6, 6.07) is 6.23. The second-order valence-electron chi connectivity index (χ2n) is 4.42. The first-order chi connectivity index (χ1) is 8.68. The van der Waals surface area contributed by atoms with E-state index in [9.17, 15) is 0 Å². The molecule has 4 nitrogen and oxygen atoms in total. The van der Waals surface area contributed by atoms with Crippen molar-refractivity contribution in [2.24, 2.45) is 4.99 Å². The van der Waals surface area contributed by atoms with Crippen LogP contribution in [0.1, 0.15) is 36.7 Å². The van der Waals surface area contributed by atoms with E-state index in [0.29, 0.717) is 11.7 Å². The third-order valence-electron chi connectivity index (χ3n) is 2.71. The van der Waals surface area contributed by atoms with E-state index in [-0.39, 0.29) is 0 Å². The molecule has 4 heteroatoms. The lowest BCUT2D eigenvalue weighted by molar-refractivity contribution is 0.865. The van der Waals surface area contributed by atoms with E-state index in [1.165, 1.54) is 18.2 Å². The van der Waals surface area contributed by atoms with Gasteiger partial charge in [-0.05, 0) is 24.0 Å². The van der Waals surface area contributed by atoms with Crippen LogP contribution in [0.15, 0.2) is 35.8 Å². The van der Waals surface area contributed by atoms with Gasteiger partial charge in [-0.25, -0.2) is 15.0 Å². The summed E-state index contributed by atoms with van der Waals surface area (Å²) in [5.74, 6) is 1.01. The molecule has 0 aliphatic heterocycles. The van der Waals surface area contributed by atoms with Crippen LogP contribution in [0.4, 0.5) is 5.69 Å². The number of nitrogens with zero attached hydrogens (tertiary/aromatic N) is 4. The van der Waals surface area contributed by atoms with Crippen LogP contribution in [0, 0.1) is 6.92 Å². The first-order valence-electron chi connectivity index (χ1n) is 5.94. The van der Waals surface area contributed by atoms with Crippen LogP contribution >= 0.6 is 0 Å². The fourth-order valence-corrected chi connectivity index (χ4v) is 1.76. The summed E-state index contributed by atoms with van der Waals surface area (Å²) in [7, 11) is 0. The Balaban J connectivity index is 2.37. The minimum absolute atomic E-state index is 0.440. The molecule has 1 aromatic heterocycles. The van der Waals surface area contributed by atoms with Gasteiger partial charge >= 0.3 is 0 Å². The molecule has 0 unspecified atom stereocenters. The second-order valence-corrected chi connectivity index (χ2v) is 4.42. The van der Waals surface area contributed by atoms with E-state index in [2.05, 4.69) is 58.9 Å². The molecule has 18 heavy (non-hydrogen) atoms. The Morgan fingerprint density at radius 3 is 2.56 bits per heavy atom. The smallest absolute Gasteiger partial charge is 0.173 e. The quantitative estimate of drug-likeness (QED) is 0.775. The number of aryl methyl sites for hydroxylation is 1. The van der Waals surface area contributed by atoms with Crippen molar-refractivity contribution in [3.8, 4) is 0 Å². The third-order valence-corrected chi connectivity index (χ3v) is 2.71. The zero-order chi connectivity index (χ0) is 13.0. The molecule has 0 spiro atoms. The zero-order valence-electron chi connectivity index (χ0n) is 10.8. The number of benzene rings is 1. The van der Waals surface area contributed by atoms with Crippen molar-refractivity contribution < 1.29 is 0 Å². The van der Waals surface area contributed by atoms with Gasteiger partial charge in [0.1, 0.15) is 12.7 Å². The molecule has 0 saturated heterocycles. The largest absolute Gasteiger partial charge is 0.252 e. The summed E-state index contributed by atoms with van der Waals surface area (Å²) in [6.07, 6.45) is 4.61. The van der Waals surface area contributed by atoms with E-state index in [1.54, 1.807) is 6.21 Å². The highest BCUT2D eigenvalue weighted by molar-refractivity contribution is 5.78. The molecular weight excluding hydrogens is 224 g/mol. The van der Waals surface area contributed by atoms with Gasteiger partial charge in [-0.15, -0.1) is 0 Å². The SMILES string of the molecule is Cc1cccc(C(C)C)c1N=Cc1ncncn1. The maximum Gasteiger partial charge on any atom is 0.173 e. The van der Waals surface area contributed by atoms with Gasteiger partial charge in [-0.3, -0.25) is 4.99 Å². The fourth-order valence-electron chi connectivity index (χ4n) is 1.76. The maximum atomic E-state index is 4.52. The molecule has 2 rings (SSSR count). The summed E-state index contributed by atoms with van der Waals surface area (Å²) >= 11 is 0. The molecule has 0 fully saturated rings. The molecule has 0 amide bonds. The Labute approximate surface area is 107 Å².